The zero-order valence-corrected chi connectivity index (χ0v) is 20.1. The van der Waals surface area contributed by atoms with Gasteiger partial charge in [-0.05, 0) is 69.6 Å². The Hall–Kier alpha value is -1.93. The number of benzene rings is 2. The molecule has 32 heavy (non-hydrogen) atoms. The molecule has 1 aliphatic rings. The molecule has 0 saturated heterocycles. The van der Waals surface area contributed by atoms with Crippen LogP contribution in [0.25, 0.3) is 11.1 Å². The second-order valence-electron chi connectivity index (χ2n) is 8.82. The van der Waals surface area contributed by atoms with E-state index in [-0.39, 0.29) is 18.0 Å². The van der Waals surface area contributed by atoms with Gasteiger partial charge in [0, 0.05) is 11.1 Å². The van der Waals surface area contributed by atoms with Crippen LogP contribution in [-0.4, -0.2) is 38.4 Å². The summed E-state index contributed by atoms with van der Waals surface area (Å²) in [5.41, 5.74) is 1.38. The van der Waals surface area contributed by atoms with Crippen molar-refractivity contribution < 1.29 is 12.8 Å². The van der Waals surface area contributed by atoms with Crippen LogP contribution in [-0.2, 0) is 10.0 Å². The molecule has 0 spiro atoms. The van der Waals surface area contributed by atoms with E-state index in [1.54, 1.807) is 36.4 Å². The van der Waals surface area contributed by atoms with E-state index in [9.17, 15) is 8.42 Å². The van der Waals surface area contributed by atoms with Crippen molar-refractivity contribution in [2.75, 3.05) is 14.1 Å². The van der Waals surface area contributed by atoms with Crippen molar-refractivity contribution in [1.29, 1.82) is 0 Å². The molecule has 1 aliphatic carbocycles. The fourth-order valence-electron chi connectivity index (χ4n) is 4.57. The summed E-state index contributed by atoms with van der Waals surface area (Å²) >= 11 is 6.12. The van der Waals surface area contributed by atoms with Gasteiger partial charge >= 0.3 is 0 Å². The van der Waals surface area contributed by atoms with Crippen molar-refractivity contribution in [2.24, 2.45) is 5.92 Å². The molecule has 1 saturated carbocycles. The van der Waals surface area contributed by atoms with Crippen molar-refractivity contribution in [3.05, 3.63) is 59.4 Å². The fourth-order valence-corrected chi connectivity index (χ4v) is 6.08. The van der Waals surface area contributed by atoms with Gasteiger partial charge in [-0.2, -0.15) is 0 Å². The fraction of sp³-hybridized carbons (Fsp3) is 0.458. The molecule has 172 valence electrons. The SMILES string of the molecule is CN(C)C(CC(NS(=O)(=O)c1ccccc1)C1CCCCC1)c1nc2cc(Cl)ccc2o1. The van der Waals surface area contributed by atoms with E-state index in [1.165, 1.54) is 6.42 Å². The minimum atomic E-state index is -3.63. The van der Waals surface area contributed by atoms with Crippen LogP contribution in [0.5, 0.6) is 0 Å². The van der Waals surface area contributed by atoms with E-state index in [0.29, 0.717) is 33.3 Å². The summed E-state index contributed by atoms with van der Waals surface area (Å²) in [5, 5.41) is 0.606. The van der Waals surface area contributed by atoms with Gasteiger partial charge < -0.3 is 4.42 Å². The number of aromatic nitrogens is 1. The Morgan fingerprint density at radius 3 is 2.53 bits per heavy atom. The number of hydrogen-bond donors (Lipinski definition) is 1. The van der Waals surface area contributed by atoms with E-state index < -0.39 is 10.0 Å². The van der Waals surface area contributed by atoms with Crippen LogP contribution < -0.4 is 4.72 Å². The van der Waals surface area contributed by atoms with Crippen LogP contribution in [0.4, 0.5) is 0 Å². The number of fused-ring (bicyclic) bond motifs is 1. The largest absolute Gasteiger partial charge is 0.439 e. The number of halogens is 1. The quantitative estimate of drug-likeness (QED) is 0.472. The second-order valence-corrected chi connectivity index (χ2v) is 11.0. The van der Waals surface area contributed by atoms with Crippen LogP contribution in [0.15, 0.2) is 57.8 Å². The first-order valence-electron chi connectivity index (χ1n) is 11.1. The van der Waals surface area contributed by atoms with Crippen LogP contribution >= 0.6 is 11.6 Å². The first-order valence-corrected chi connectivity index (χ1v) is 13.0. The third-order valence-electron chi connectivity index (χ3n) is 6.33. The highest BCUT2D eigenvalue weighted by Gasteiger charge is 2.33. The van der Waals surface area contributed by atoms with Crippen molar-refractivity contribution in [3.63, 3.8) is 0 Å². The monoisotopic (exact) mass is 475 g/mol. The highest BCUT2D eigenvalue weighted by atomic mass is 35.5. The first kappa shape index (κ1) is 23.2. The first-order chi connectivity index (χ1) is 15.3. The molecule has 1 heterocycles. The van der Waals surface area contributed by atoms with Crippen LogP contribution in [0.1, 0.15) is 50.5 Å². The summed E-state index contributed by atoms with van der Waals surface area (Å²) in [5.74, 6) is 0.857. The lowest BCUT2D eigenvalue weighted by atomic mass is 9.82. The van der Waals surface area contributed by atoms with Gasteiger partial charge in [0.1, 0.15) is 5.52 Å². The summed E-state index contributed by atoms with van der Waals surface area (Å²) in [6.07, 6.45) is 6.07. The molecule has 6 nitrogen and oxygen atoms in total. The Kier molecular flexibility index (Phi) is 7.20. The Labute approximate surface area is 195 Å². The van der Waals surface area contributed by atoms with E-state index in [0.717, 1.165) is 25.7 Å². The minimum absolute atomic E-state index is 0.174. The number of nitrogens with one attached hydrogen (secondary N) is 1. The molecule has 1 aromatic heterocycles. The number of oxazole rings is 1. The molecule has 2 aromatic carbocycles. The Bertz CT molecular complexity index is 1140. The number of nitrogens with zero attached hydrogens (tertiary/aromatic N) is 2. The average Bonchev–Trinajstić information content (AvgIpc) is 3.20. The molecule has 2 atom stereocenters. The predicted molar refractivity (Wildman–Crippen MR) is 127 cm³/mol. The molecule has 3 aromatic rings. The molecule has 4 rings (SSSR count). The van der Waals surface area contributed by atoms with Crippen LogP contribution in [0.2, 0.25) is 5.02 Å². The minimum Gasteiger partial charge on any atom is -0.439 e. The summed E-state index contributed by atoms with van der Waals surface area (Å²) < 4.78 is 35.4. The second kappa shape index (κ2) is 9.91. The Morgan fingerprint density at radius 1 is 1.12 bits per heavy atom. The number of sulfonamides is 1. The van der Waals surface area contributed by atoms with E-state index >= 15 is 0 Å². The van der Waals surface area contributed by atoms with E-state index in [4.69, 9.17) is 16.0 Å². The van der Waals surface area contributed by atoms with Gasteiger partial charge in [-0.3, -0.25) is 4.90 Å². The Morgan fingerprint density at radius 2 is 1.84 bits per heavy atom. The number of rotatable bonds is 8. The van der Waals surface area contributed by atoms with E-state index in [1.807, 2.05) is 31.1 Å². The lowest BCUT2D eigenvalue weighted by Gasteiger charge is -2.34. The highest BCUT2D eigenvalue weighted by molar-refractivity contribution is 7.89. The standard InChI is InChI=1S/C24H30ClN3O3S/c1-28(2)22(24-26-21-15-18(25)13-14-23(21)31-24)16-20(17-9-5-3-6-10-17)27-32(29,30)19-11-7-4-8-12-19/h4,7-8,11-15,17,20,22,27H,3,5-6,9-10,16H2,1-2H3. The maximum Gasteiger partial charge on any atom is 0.240 e. The van der Waals surface area contributed by atoms with Gasteiger partial charge in [0.25, 0.3) is 0 Å². The molecule has 0 amide bonds. The summed E-state index contributed by atoms with van der Waals surface area (Å²) in [6, 6.07) is 13.6. The molecule has 8 heteroatoms. The van der Waals surface area contributed by atoms with Crippen molar-refractivity contribution >= 4 is 32.7 Å². The van der Waals surface area contributed by atoms with E-state index in [2.05, 4.69) is 9.71 Å². The zero-order chi connectivity index (χ0) is 22.7. The summed E-state index contributed by atoms with van der Waals surface area (Å²) in [4.78, 5) is 7.01. The highest BCUT2D eigenvalue weighted by Crippen LogP contribution is 2.34. The third-order valence-corrected chi connectivity index (χ3v) is 8.07. The molecule has 0 radical (unpaired) electrons. The molecular formula is C24H30ClN3O3S. The smallest absolute Gasteiger partial charge is 0.240 e. The summed E-state index contributed by atoms with van der Waals surface area (Å²) in [7, 11) is 0.307. The predicted octanol–water partition coefficient (Wildman–Crippen LogP) is 5.40. The Balaban J connectivity index is 1.64. The van der Waals surface area contributed by atoms with Gasteiger partial charge in [0.15, 0.2) is 5.58 Å². The molecule has 2 unspecified atom stereocenters. The topological polar surface area (TPSA) is 75.4 Å². The molecular weight excluding hydrogens is 446 g/mol. The average molecular weight is 476 g/mol. The van der Waals surface area contributed by atoms with Gasteiger partial charge in [-0.15, -0.1) is 0 Å². The van der Waals surface area contributed by atoms with Crippen LogP contribution in [0, 0.1) is 5.92 Å². The normalized spacial score (nSPS) is 17.6. The van der Waals surface area contributed by atoms with Gasteiger partial charge in [0.05, 0.1) is 10.9 Å². The molecule has 1 N–H and O–H groups in total. The number of hydrogen-bond acceptors (Lipinski definition) is 5. The van der Waals surface area contributed by atoms with Gasteiger partial charge in [-0.25, -0.2) is 18.1 Å². The lowest BCUT2D eigenvalue weighted by Crippen LogP contribution is -2.43. The summed E-state index contributed by atoms with van der Waals surface area (Å²) in [6.45, 7) is 0. The van der Waals surface area contributed by atoms with Crippen molar-refractivity contribution in [2.45, 2.75) is 55.5 Å². The van der Waals surface area contributed by atoms with Gasteiger partial charge in [-0.1, -0.05) is 49.1 Å². The van der Waals surface area contributed by atoms with Crippen molar-refractivity contribution in [3.8, 4) is 0 Å². The molecule has 1 fully saturated rings. The van der Waals surface area contributed by atoms with Crippen molar-refractivity contribution in [1.82, 2.24) is 14.6 Å². The zero-order valence-electron chi connectivity index (χ0n) is 18.5. The van der Waals surface area contributed by atoms with Gasteiger partial charge in [0.2, 0.25) is 15.9 Å². The maximum absolute atomic E-state index is 13.2. The maximum atomic E-state index is 13.2. The third kappa shape index (κ3) is 5.34. The molecule has 0 aliphatic heterocycles. The molecule has 0 bridgehead atoms. The lowest BCUT2D eigenvalue weighted by molar-refractivity contribution is 0.189. The van der Waals surface area contributed by atoms with Crippen LogP contribution in [0.3, 0.4) is 0 Å².